The minimum Gasteiger partial charge on any atom is -0.319 e. The van der Waals surface area contributed by atoms with Gasteiger partial charge in [-0.15, -0.1) is 11.8 Å². The van der Waals surface area contributed by atoms with Gasteiger partial charge in [0.2, 0.25) is 0 Å². The van der Waals surface area contributed by atoms with Crippen LogP contribution in [0.25, 0.3) is 0 Å². The highest BCUT2D eigenvalue weighted by Crippen LogP contribution is 2.26. The summed E-state index contributed by atoms with van der Waals surface area (Å²) >= 11 is 1.79. The lowest BCUT2D eigenvalue weighted by molar-refractivity contribution is 0.499. The summed E-state index contributed by atoms with van der Waals surface area (Å²) in [5.41, 5.74) is 1.40. The summed E-state index contributed by atoms with van der Waals surface area (Å²) in [5.74, 6) is 0.759. The third-order valence-electron chi connectivity index (χ3n) is 2.84. The van der Waals surface area contributed by atoms with Crippen LogP contribution in [0.2, 0.25) is 0 Å². The molecule has 0 fully saturated rings. The van der Waals surface area contributed by atoms with Gasteiger partial charge in [-0.05, 0) is 38.0 Å². The zero-order valence-electron chi connectivity index (χ0n) is 9.85. The monoisotopic (exact) mass is 214 g/mol. The van der Waals surface area contributed by atoms with E-state index in [4.69, 9.17) is 5.41 Å². The van der Waals surface area contributed by atoms with Crippen LogP contribution in [0, 0.1) is 17.2 Å². The summed E-state index contributed by atoms with van der Waals surface area (Å²) in [7, 11) is 1.93. The molecule has 2 atom stereocenters. The quantitative estimate of drug-likeness (QED) is 0.667. The fraction of sp³-hybridized carbons (Fsp3) is 0.727. The number of thioether (sulfide) groups is 1. The standard InChI is InChI=1S/C11H22N2S/c1-8(10(3)14-5)9(2)11(6-12)7-13-4/h6,9,11-13H,7H2,1-5H3/b10-8+,12-6?/t9-,11-/m1/s1. The maximum atomic E-state index is 7.39. The second-order valence-corrected chi connectivity index (χ2v) is 4.64. The Labute approximate surface area is 92.1 Å². The van der Waals surface area contributed by atoms with E-state index in [1.54, 1.807) is 18.0 Å². The van der Waals surface area contributed by atoms with E-state index in [9.17, 15) is 0 Å². The predicted octanol–water partition coefficient (Wildman–Crippen LogP) is 2.76. The zero-order chi connectivity index (χ0) is 11.1. The highest BCUT2D eigenvalue weighted by atomic mass is 32.2. The SMILES string of the molecule is CNC[C@@H](C=N)[C@H](C)/C(C)=C(\C)SC. The van der Waals surface area contributed by atoms with Crippen molar-refractivity contribution in [2.75, 3.05) is 19.8 Å². The van der Waals surface area contributed by atoms with Gasteiger partial charge in [0.25, 0.3) is 0 Å². The molecule has 0 aliphatic carbocycles. The molecule has 0 aromatic heterocycles. The molecule has 0 aromatic rings. The third kappa shape index (κ3) is 3.84. The van der Waals surface area contributed by atoms with E-state index in [2.05, 4.69) is 32.3 Å². The lowest BCUT2D eigenvalue weighted by Gasteiger charge is -2.22. The molecule has 0 aliphatic rings. The predicted molar refractivity (Wildman–Crippen MR) is 67.3 cm³/mol. The Hall–Kier alpha value is -0.280. The van der Waals surface area contributed by atoms with Crippen molar-refractivity contribution in [3.05, 3.63) is 10.5 Å². The molecule has 0 saturated carbocycles. The topological polar surface area (TPSA) is 35.9 Å². The molecular weight excluding hydrogens is 192 g/mol. The van der Waals surface area contributed by atoms with Gasteiger partial charge in [-0.3, -0.25) is 0 Å². The number of rotatable bonds is 6. The minimum atomic E-state index is 0.307. The van der Waals surface area contributed by atoms with E-state index >= 15 is 0 Å². The van der Waals surface area contributed by atoms with Gasteiger partial charge in [0, 0.05) is 18.7 Å². The van der Waals surface area contributed by atoms with E-state index in [1.165, 1.54) is 10.5 Å². The van der Waals surface area contributed by atoms with Crippen LogP contribution in [0.3, 0.4) is 0 Å². The normalized spacial score (nSPS) is 17.2. The Bertz CT molecular complexity index is 211. The molecule has 0 aromatic carbocycles. The third-order valence-corrected chi connectivity index (χ3v) is 3.78. The molecule has 0 spiro atoms. The van der Waals surface area contributed by atoms with Gasteiger partial charge >= 0.3 is 0 Å². The van der Waals surface area contributed by atoms with Crippen LogP contribution in [-0.2, 0) is 0 Å². The van der Waals surface area contributed by atoms with E-state index in [0.29, 0.717) is 11.8 Å². The smallest absolute Gasteiger partial charge is 0.0123 e. The van der Waals surface area contributed by atoms with Gasteiger partial charge < -0.3 is 10.7 Å². The first-order valence-electron chi connectivity index (χ1n) is 4.95. The summed E-state index contributed by atoms with van der Waals surface area (Å²) < 4.78 is 0. The molecule has 0 aliphatic heterocycles. The van der Waals surface area contributed by atoms with Crippen molar-refractivity contribution in [3.63, 3.8) is 0 Å². The number of allylic oxidation sites excluding steroid dienone is 2. The van der Waals surface area contributed by atoms with Gasteiger partial charge in [-0.2, -0.15) is 0 Å². The van der Waals surface area contributed by atoms with Crippen LogP contribution in [0.1, 0.15) is 20.8 Å². The highest BCUT2D eigenvalue weighted by Gasteiger charge is 2.16. The van der Waals surface area contributed by atoms with Crippen LogP contribution in [-0.4, -0.2) is 26.1 Å². The summed E-state index contributed by atoms with van der Waals surface area (Å²) in [5, 5.41) is 10.5. The van der Waals surface area contributed by atoms with Crippen LogP contribution in [0.15, 0.2) is 10.5 Å². The van der Waals surface area contributed by atoms with Gasteiger partial charge in [-0.25, -0.2) is 0 Å². The van der Waals surface area contributed by atoms with E-state index in [0.717, 1.165) is 6.54 Å². The van der Waals surface area contributed by atoms with E-state index in [1.807, 2.05) is 7.05 Å². The van der Waals surface area contributed by atoms with Crippen LogP contribution in [0.4, 0.5) is 0 Å². The van der Waals surface area contributed by atoms with Gasteiger partial charge in [0.05, 0.1) is 0 Å². The molecule has 0 rings (SSSR count). The molecule has 2 N–H and O–H groups in total. The molecule has 0 bridgehead atoms. The molecule has 14 heavy (non-hydrogen) atoms. The molecule has 0 amide bonds. The van der Waals surface area contributed by atoms with Crippen molar-refractivity contribution in [2.24, 2.45) is 11.8 Å². The Balaban J connectivity index is 4.56. The van der Waals surface area contributed by atoms with Gasteiger partial charge in [0.1, 0.15) is 0 Å². The lowest BCUT2D eigenvalue weighted by Crippen LogP contribution is -2.26. The second kappa shape index (κ2) is 7.07. The number of nitrogens with one attached hydrogen (secondary N) is 2. The zero-order valence-corrected chi connectivity index (χ0v) is 10.7. The molecule has 0 radical (unpaired) electrons. The molecule has 82 valence electrons. The van der Waals surface area contributed by atoms with Crippen molar-refractivity contribution < 1.29 is 0 Å². The lowest BCUT2D eigenvalue weighted by atomic mass is 9.88. The Morgan fingerprint density at radius 2 is 2.07 bits per heavy atom. The Morgan fingerprint density at radius 3 is 2.43 bits per heavy atom. The molecule has 0 heterocycles. The first-order chi connectivity index (χ1) is 6.58. The van der Waals surface area contributed by atoms with Crippen molar-refractivity contribution in [2.45, 2.75) is 20.8 Å². The van der Waals surface area contributed by atoms with Crippen LogP contribution in [0.5, 0.6) is 0 Å². The van der Waals surface area contributed by atoms with E-state index < -0.39 is 0 Å². The van der Waals surface area contributed by atoms with Gasteiger partial charge in [0.15, 0.2) is 0 Å². The molecule has 2 nitrogen and oxygen atoms in total. The summed E-state index contributed by atoms with van der Waals surface area (Å²) in [4.78, 5) is 1.38. The van der Waals surface area contributed by atoms with Crippen LogP contribution >= 0.6 is 11.8 Å². The molecule has 0 saturated heterocycles. The summed E-state index contributed by atoms with van der Waals surface area (Å²) in [6, 6.07) is 0. The van der Waals surface area contributed by atoms with Gasteiger partial charge in [-0.1, -0.05) is 12.5 Å². The molecular formula is C11H22N2S. The second-order valence-electron chi connectivity index (χ2n) is 3.62. The van der Waals surface area contributed by atoms with Crippen molar-refractivity contribution in [3.8, 4) is 0 Å². The number of hydrogen-bond acceptors (Lipinski definition) is 3. The van der Waals surface area contributed by atoms with E-state index in [-0.39, 0.29) is 0 Å². The first kappa shape index (κ1) is 13.7. The van der Waals surface area contributed by atoms with Crippen molar-refractivity contribution in [1.82, 2.24) is 5.32 Å². The largest absolute Gasteiger partial charge is 0.319 e. The molecule has 0 unspecified atom stereocenters. The van der Waals surface area contributed by atoms with Crippen LogP contribution < -0.4 is 5.32 Å². The Morgan fingerprint density at radius 1 is 1.50 bits per heavy atom. The maximum absolute atomic E-state index is 7.39. The highest BCUT2D eigenvalue weighted by molar-refractivity contribution is 8.02. The summed E-state index contributed by atoms with van der Waals surface area (Å²) in [6.07, 6.45) is 3.65. The fourth-order valence-corrected chi connectivity index (χ4v) is 1.93. The number of hydrogen-bond donors (Lipinski definition) is 2. The summed E-state index contributed by atoms with van der Waals surface area (Å²) in [6.45, 7) is 7.39. The average Bonchev–Trinajstić information content (AvgIpc) is 2.22. The maximum Gasteiger partial charge on any atom is 0.0123 e. The molecule has 3 heteroatoms. The van der Waals surface area contributed by atoms with Crippen molar-refractivity contribution >= 4 is 18.0 Å². The first-order valence-corrected chi connectivity index (χ1v) is 6.17. The Kier molecular flexibility index (Phi) is 6.93. The van der Waals surface area contributed by atoms with Crippen molar-refractivity contribution in [1.29, 1.82) is 5.41 Å². The minimum absolute atomic E-state index is 0.307. The fourth-order valence-electron chi connectivity index (χ4n) is 1.42. The average molecular weight is 214 g/mol.